The third-order valence-electron chi connectivity index (χ3n) is 4.33. The number of aromatic amines is 1. The molecule has 1 saturated heterocycles. The van der Waals surface area contributed by atoms with Crippen LogP contribution in [0.25, 0.3) is 10.9 Å². The van der Waals surface area contributed by atoms with Crippen LogP contribution in [-0.4, -0.2) is 35.0 Å². The number of nitrogens with zero attached hydrogens (tertiary/aromatic N) is 1. The minimum atomic E-state index is -0.139. The average molecular weight is 314 g/mol. The number of nitrogens with one attached hydrogen (secondary N) is 1. The van der Waals surface area contributed by atoms with E-state index >= 15 is 0 Å². The van der Waals surface area contributed by atoms with E-state index in [0.29, 0.717) is 18.7 Å². The Bertz CT molecular complexity index is 775. The predicted molar refractivity (Wildman–Crippen MR) is 89.4 cm³/mol. The van der Waals surface area contributed by atoms with E-state index < -0.39 is 0 Å². The number of hydrogen-bond acceptors (Lipinski definition) is 3. The first-order valence-electron chi connectivity index (χ1n) is 8.02. The van der Waals surface area contributed by atoms with Crippen LogP contribution in [0.15, 0.2) is 29.1 Å². The fourth-order valence-electron chi connectivity index (χ4n) is 3.03. The number of pyridine rings is 1. The van der Waals surface area contributed by atoms with Gasteiger partial charge in [-0.05, 0) is 43.4 Å². The molecular weight excluding hydrogens is 292 g/mol. The van der Waals surface area contributed by atoms with Crippen molar-refractivity contribution in [2.45, 2.75) is 39.3 Å². The van der Waals surface area contributed by atoms with Gasteiger partial charge in [-0.25, -0.2) is 0 Å². The number of benzene rings is 1. The molecule has 1 aromatic carbocycles. The Hall–Kier alpha value is -2.14. The monoisotopic (exact) mass is 314 g/mol. The summed E-state index contributed by atoms with van der Waals surface area (Å²) in [5.74, 6) is -0.0377. The topological polar surface area (TPSA) is 62.4 Å². The van der Waals surface area contributed by atoms with Gasteiger partial charge in [0.1, 0.15) is 0 Å². The average Bonchev–Trinajstić information content (AvgIpc) is 3.00. The van der Waals surface area contributed by atoms with Gasteiger partial charge in [0.2, 0.25) is 5.91 Å². The van der Waals surface area contributed by atoms with Crippen LogP contribution in [0.3, 0.4) is 0 Å². The zero-order valence-electron chi connectivity index (χ0n) is 13.6. The van der Waals surface area contributed by atoms with E-state index in [1.165, 1.54) is 6.92 Å². The third-order valence-corrected chi connectivity index (χ3v) is 4.33. The number of H-pyrrole nitrogens is 1. The quantitative estimate of drug-likeness (QED) is 0.942. The maximum atomic E-state index is 12.3. The number of aryl methyl sites for hydroxylation is 1. The van der Waals surface area contributed by atoms with Crippen LogP contribution in [0.5, 0.6) is 0 Å². The number of rotatable bonds is 4. The van der Waals surface area contributed by atoms with Crippen molar-refractivity contribution in [3.63, 3.8) is 0 Å². The van der Waals surface area contributed by atoms with Gasteiger partial charge in [-0.1, -0.05) is 11.6 Å². The molecule has 5 heteroatoms. The van der Waals surface area contributed by atoms with Crippen LogP contribution < -0.4 is 5.56 Å². The highest BCUT2D eigenvalue weighted by Crippen LogP contribution is 2.17. The van der Waals surface area contributed by atoms with Gasteiger partial charge >= 0.3 is 0 Å². The van der Waals surface area contributed by atoms with E-state index in [1.54, 1.807) is 4.90 Å². The van der Waals surface area contributed by atoms with Crippen LogP contribution in [0.2, 0.25) is 0 Å². The first kappa shape index (κ1) is 15.7. The first-order chi connectivity index (χ1) is 11.0. The largest absolute Gasteiger partial charge is 0.376 e. The molecular formula is C18H22N2O3. The molecule has 0 spiro atoms. The summed E-state index contributed by atoms with van der Waals surface area (Å²) in [6.07, 6.45) is 2.09. The number of carbonyl (C=O) groups excluding carboxylic acids is 1. The van der Waals surface area contributed by atoms with E-state index in [4.69, 9.17) is 4.74 Å². The lowest BCUT2D eigenvalue weighted by Gasteiger charge is -2.24. The summed E-state index contributed by atoms with van der Waals surface area (Å²) in [4.78, 5) is 28.8. The Morgan fingerprint density at radius 3 is 2.91 bits per heavy atom. The number of fused-ring (bicyclic) bond motifs is 1. The summed E-state index contributed by atoms with van der Waals surface area (Å²) >= 11 is 0. The van der Waals surface area contributed by atoms with Gasteiger partial charge < -0.3 is 14.6 Å². The van der Waals surface area contributed by atoms with Crippen molar-refractivity contribution in [3.8, 4) is 0 Å². The second-order valence-electron chi connectivity index (χ2n) is 6.25. The molecule has 2 aromatic rings. The highest BCUT2D eigenvalue weighted by Gasteiger charge is 2.21. The summed E-state index contributed by atoms with van der Waals surface area (Å²) in [5.41, 5.74) is 2.42. The Labute approximate surface area is 135 Å². The van der Waals surface area contributed by atoms with Crippen molar-refractivity contribution in [1.29, 1.82) is 0 Å². The van der Waals surface area contributed by atoms with Gasteiger partial charge in [-0.3, -0.25) is 9.59 Å². The summed E-state index contributed by atoms with van der Waals surface area (Å²) < 4.78 is 5.61. The highest BCUT2D eigenvalue weighted by atomic mass is 16.5. The van der Waals surface area contributed by atoms with Crippen LogP contribution in [-0.2, 0) is 16.1 Å². The molecule has 122 valence electrons. The molecule has 0 saturated carbocycles. The highest BCUT2D eigenvalue weighted by molar-refractivity contribution is 5.80. The summed E-state index contributed by atoms with van der Waals surface area (Å²) in [7, 11) is 0. The lowest BCUT2D eigenvalue weighted by Crippen LogP contribution is -2.36. The minimum Gasteiger partial charge on any atom is -0.376 e. The maximum absolute atomic E-state index is 12.3. The molecule has 0 radical (unpaired) electrons. The molecule has 2 heterocycles. The maximum Gasteiger partial charge on any atom is 0.253 e. The number of hydrogen-bond donors (Lipinski definition) is 1. The van der Waals surface area contributed by atoms with E-state index in [-0.39, 0.29) is 17.6 Å². The fraction of sp³-hybridized carbons (Fsp3) is 0.444. The molecule has 1 aliphatic rings. The van der Waals surface area contributed by atoms with Crippen molar-refractivity contribution in [3.05, 3.63) is 45.7 Å². The van der Waals surface area contributed by atoms with Crippen LogP contribution in [0, 0.1) is 6.92 Å². The van der Waals surface area contributed by atoms with E-state index in [2.05, 4.69) is 4.98 Å². The normalized spacial score (nSPS) is 17.6. The van der Waals surface area contributed by atoms with Crippen LogP contribution in [0.1, 0.15) is 30.9 Å². The van der Waals surface area contributed by atoms with Gasteiger partial charge in [0, 0.05) is 31.2 Å². The molecule has 5 nitrogen and oxygen atoms in total. The summed E-state index contributed by atoms with van der Waals surface area (Å²) in [6, 6.07) is 7.79. The van der Waals surface area contributed by atoms with E-state index in [9.17, 15) is 9.59 Å². The molecule has 1 aliphatic heterocycles. The molecule has 3 rings (SSSR count). The van der Waals surface area contributed by atoms with Crippen molar-refractivity contribution in [2.24, 2.45) is 0 Å². The van der Waals surface area contributed by atoms with Gasteiger partial charge in [0.05, 0.1) is 12.6 Å². The standard InChI is InChI=1S/C18H22N2O3/c1-12-5-6-17-14(8-12)9-15(18(22)19-17)10-20(13(2)21)11-16-4-3-7-23-16/h5-6,8-9,16H,3-4,7,10-11H2,1-2H3,(H,19,22)/t16-/m1/s1. The van der Waals surface area contributed by atoms with Gasteiger partial charge in [0.15, 0.2) is 0 Å². The summed E-state index contributed by atoms with van der Waals surface area (Å²) in [6.45, 7) is 5.17. The van der Waals surface area contributed by atoms with Gasteiger partial charge in [-0.15, -0.1) is 0 Å². The molecule has 1 fully saturated rings. The van der Waals surface area contributed by atoms with Gasteiger partial charge in [0.25, 0.3) is 5.56 Å². The molecule has 0 unspecified atom stereocenters. The Kier molecular flexibility index (Phi) is 4.48. The number of amides is 1. The molecule has 1 N–H and O–H groups in total. The smallest absolute Gasteiger partial charge is 0.253 e. The summed E-state index contributed by atoms with van der Waals surface area (Å²) in [5, 5.41) is 0.986. The molecule has 0 bridgehead atoms. The fourth-order valence-corrected chi connectivity index (χ4v) is 3.03. The van der Waals surface area contributed by atoms with E-state index in [1.807, 2.05) is 31.2 Å². The Morgan fingerprint density at radius 1 is 1.39 bits per heavy atom. The number of carbonyl (C=O) groups is 1. The molecule has 1 amide bonds. The SMILES string of the molecule is CC(=O)N(Cc1cc2cc(C)ccc2[nH]c1=O)C[C@H]1CCCO1. The Balaban J connectivity index is 1.86. The lowest BCUT2D eigenvalue weighted by atomic mass is 10.1. The molecule has 0 aliphatic carbocycles. The third kappa shape index (κ3) is 3.62. The van der Waals surface area contributed by atoms with Crippen molar-refractivity contribution >= 4 is 16.8 Å². The predicted octanol–water partition coefficient (Wildman–Crippen LogP) is 2.36. The minimum absolute atomic E-state index is 0.0377. The first-order valence-corrected chi connectivity index (χ1v) is 8.02. The second kappa shape index (κ2) is 6.54. The van der Waals surface area contributed by atoms with Crippen LogP contribution >= 0.6 is 0 Å². The number of aromatic nitrogens is 1. The zero-order valence-corrected chi connectivity index (χ0v) is 13.6. The Morgan fingerprint density at radius 2 is 2.22 bits per heavy atom. The van der Waals surface area contributed by atoms with Crippen LogP contribution in [0.4, 0.5) is 0 Å². The van der Waals surface area contributed by atoms with Gasteiger partial charge in [-0.2, -0.15) is 0 Å². The molecule has 1 aromatic heterocycles. The van der Waals surface area contributed by atoms with Crippen molar-refractivity contribution < 1.29 is 9.53 Å². The number of ether oxygens (including phenoxy) is 1. The second-order valence-corrected chi connectivity index (χ2v) is 6.25. The molecule has 23 heavy (non-hydrogen) atoms. The van der Waals surface area contributed by atoms with E-state index in [0.717, 1.165) is 35.9 Å². The molecule has 1 atom stereocenters. The lowest BCUT2D eigenvalue weighted by molar-refractivity contribution is -0.131. The zero-order chi connectivity index (χ0) is 16.4. The van der Waals surface area contributed by atoms with Crippen molar-refractivity contribution in [1.82, 2.24) is 9.88 Å². The van der Waals surface area contributed by atoms with Crippen molar-refractivity contribution in [2.75, 3.05) is 13.2 Å².